The van der Waals surface area contributed by atoms with Crippen molar-refractivity contribution in [2.75, 3.05) is 26.7 Å². The molecule has 1 amide bonds. The predicted octanol–water partition coefficient (Wildman–Crippen LogP) is 1.31. The Bertz CT molecular complexity index is 304. The van der Waals surface area contributed by atoms with Crippen LogP contribution in [0.3, 0.4) is 0 Å². The molecule has 18 heavy (non-hydrogen) atoms. The molecule has 106 valence electrons. The Morgan fingerprint density at radius 2 is 1.78 bits per heavy atom. The maximum atomic E-state index is 12.0. The quantitative estimate of drug-likeness (QED) is 0.770. The monoisotopic (exact) mass is 258 g/mol. The smallest absolute Gasteiger partial charge is 0.410 e. The molecule has 1 heterocycles. The molecule has 1 N–H and O–H groups in total. The molecule has 0 aromatic heterocycles. The van der Waals surface area contributed by atoms with Crippen LogP contribution in [0.4, 0.5) is 4.79 Å². The van der Waals surface area contributed by atoms with E-state index < -0.39 is 11.2 Å². The summed E-state index contributed by atoms with van der Waals surface area (Å²) in [5.74, 6) is 0. The fourth-order valence-electron chi connectivity index (χ4n) is 2.13. The molecule has 0 bridgehead atoms. The highest BCUT2D eigenvalue weighted by molar-refractivity contribution is 5.68. The summed E-state index contributed by atoms with van der Waals surface area (Å²) >= 11 is 0. The van der Waals surface area contributed by atoms with Gasteiger partial charge in [-0.05, 0) is 41.7 Å². The van der Waals surface area contributed by atoms with Gasteiger partial charge in [0.1, 0.15) is 5.60 Å². The van der Waals surface area contributed by atoms with Crippen molar-refractivity contribution in [3.05, 3.63) is 0 Å². The zero-order valence-electron chi connectivity index (χ0n) is 12.4. The Balaban J connectivity index is 2.68. The number of rotatable bonds is 1. The molecule has 1 rings (SSSR count). The second-order valence-corrected chi connectivity index (χ2v) is 6.58. The topological polar surface area (TPSA) is 53.0 Å². The highest BCUT2D eigenvalue weighted by Gasteiger charge is 2.37. The lowest BCUT2D eigenvalue weighted by Crippen LogP contribution is -2.61. The molecule has 1 aliphatic heterocycles. The zero-order valence-corrected chi connectivity index (χ0v) is 12.4. The Morgan fingerprint density at radius 3 is 2.22 bits per heavy atom. The van der Waals surface area contributed by atoms with E-state index in [2.05, 4.69) is 4.90 Å². The third kappa shape index (κ3) is 4.14. The molecule has 5 heteroatoms. The Labute approximate surface area is 110 Å². The number of nitrogens with zero attached hydrogens (tertiary/aromatic N) is 2. The van der Waals surface area contributed by atoms with Gasteiger partial charge >= 0.3 is 6.09 Å². The first kappa shape index (κ1) is 15.2. The van der Waals surface area contributed by atoms with Crippen LogP contribution in [0.25, 0.3) is 0 Å². The van der Waals surface area contributed by atoms with Gasteiger partial charge in [0.05, 0.1) is 11.6 Å². The molecule has 0 saturated carbocycles. The van der Waals surface area contributed by atoms with Gasteiger partial charge < -0.3 is 14.7 Å². The van der Waals surface area contributed by atoms with Crippen LogP contribution in [0.15, 0.2) is 0 Å². The summed E-state index contributed by atoms with van der Waals surface area (Å²) in [6, 6.07) is -0.0706. The minimum absolute atomic E-state index is 0.0706. The lowest BCUT2D eigenvalue weighted by Gasteiger charge is -2.44. The SMILES string of the molecule is CN1CCN(C(=O)OC(C)(C)C)CC1C(C)(C)O. The van der Waals surface area contributed by atoms with Crippen LogP contribution >= 0.6 is 0 Å². The number of carbonyl (C=O) groups excluding carboxylic acids is 1. The summed E-state index contributed by atoms with van der Waals surface area (Å²) < 4.78 is 5.36. The van der Waals surface area contributed by atoms with E-state index in [0.717, 1.165) is 6.54 Å². The lowest BCUT2D eigenvalue weighted by molar-refractivity contribution is -0.0521. The van der Waals surface area contributed by atoms with Gasteiger partial charge in [-0.2, -0.15) is 0 Å². The van der Waals surface area contributed by atoms with E-state index in [9.17, 15) is 9.90 Å². The molecule has 1 atom stereocenters. The van der Waals surface area contributed by atoms with Crippen LogP contribution in [0.5, 0.6) is 0 Å². The van der Waals surface area contributed by atoms with Gasteiger partial charge in [-0.3, -0.25) is 4.90 Å². The third-order valence-corrected chi connectivity index (χ3v) is 3.12. The molecule has 1 saturated heterocycles. The number of ether oxygens (including phenoxy) is 1. The molecule has 0 radical (unpaired) electrons. The summed E-state index contributed by atoms with van der Waals surface area (Å²) in [6.45, 7) is 11.0. The molecule has 5 nitrogen and oxygen atoms in total. The first-order chi connectivity index (χ1) is 8.00. The van der Waals surface area contributed by atoms with Crippen molar-refractivity contribution in [2.45, 2.75) is 51.9 Å². The summed E-state index contributed by atoms with van der Waals surface area (Å²) in [5.41, 5.74) is -1.32. The standard InChI is InChI=1S/C13H26N2O3/c1-12(2,3)18-11(16)15-8-7-14(6)10(9-15)13(4,5)17/h10,17H,7-9H2,1-6H3. The molecule has 0 spiro atoms. The van der Waals surface area contributed by atoms with Gasteiger partial charge in [-0.25, -0.2) is 4.79 Å². The molecular formula is C13H26N2O3. The van der Waals surface area contributed by atoms with Gasteiger partial charge in [0.15, 0.2) is 0 Å². The number of hydrogen-bond donors (Lipinski definition) is 1. The summed E-state index contributed by atoms with van der Waals surface area (Å²) in [6.07, 6.45) is -0.301. The van der Waals surface area contributed by atoms with Crippen molar-refractivity contribution in [3.8, 4) is 0 Å². The van der Waals surface area contributed by atoms with Crippen molar-refractivity contribution in [3.63, 3.8) is 0 Å². The van der Waals surface area contributed by atoms with Crippen LogP contribution in [-0.4, -0.2) is 64.9 Å². The van der Waals surface area contributed by atoms with Crippen LogP contribution in [0.1, 0.15) is 34.6 Å². The van der Waals surface area contributed by atoms with Crippen LogP contribution in [0, 0.1) is 0 Å². The second kappa shape index (κ2) is 5.05. The summed E-state index contributed by atoms with van der Waals surface area (Å²) in [7, 11) is 1.97. The first-order valence-electron chi connectivity index (χ1n) is 6.41. The minimum atomic E-state index is -0.838. The third-order valence-electron chi connectivity index (χ3n) is 3.12. The average molecular weight is 258 g/mol. The van der Waals surface area contributed by atoms with E-state index >= 15 is 0 Å². The maximum absolute atomic E-state index is 12.0. The van der Waals surface area contributed by atoms with Gasteiger partial charge in [0.2, 0.25) is 0 Å². The molecular weight excluding hydrogens is 232 g/mol. The van der Waals surface area contributed by atoms with E-state index in [-0.39, 0.29) is 12.1 Å². The van der Waals surface area contributed by atoms with Crippen molar-refractivity contribution < 1.29 is 14.6 Å². The van der Waals surface area contributed by atoms with Gasteiger partial charge in [0.25, 0.3) is 0 Å². The Hall–Kier alpha value is -0.810. The minimum Gasteiger partial charge on any atom is -0.444 e. The zero-order chi connectivity index (χ0) is 14.1. The number of aliphatic hydroxyl groups is 1. The highest BCUT2D eigenvalue weighted by Crippen LogP contribution is 2.20. The van der Waals surface area contributed by atoms with E-state index in [1.165, 1.54) is 0 Å². The summed E-state index contributed by atoms with van der Waals surface area (Å²) in [4.78, 5) is 15.8. The van der Waals surface area contributed by atoms with Crippen LogP contribution < -0.4 is 0 Å². The lowest BCUT2D eigenvalue weighted by atomic mass is 9.95. The van der Waals surface area contributed by atoms with Crippen LogP contribution in [-0.2, 0) is 4.74 Å². The number of carbonyl (C=O) groups is 1. The summed E-state index contributed by atoms with van der Waals surface area (Å²) in [5, 5.41) is 10.1. The Kier molecular flexibility index (Phi) is 4.28. The number of hydrogen-bond acceptors (Lipinski definition) is 4. The van der Waals surface area contributed by atoms with E-state index in [4.69, 9.17) is 4.74 Å². The van der Waals surface area contributed by atoms with Crippen molar-refractivity contribution in [1.29, 1.82) is 0 Å². The molecule has 1 aliphatic rings. The largest absolute Gasteiger partial charge is 0.444 e. The molecule has 0 aliphatic carbocycles. The number of piperazine rings is 1. The first-order valence-corrected chi connectivity index (χ1v) is 6.41. The van der Waals surface area contributed by atoms with Gasteiger partial charge in [0, 0.05) is 19.6 Å². The molecule has 0 aromatic rings. The Morgan fingerprint density at radius 1 is 1.22 bits per heavy atom. The maximum Gasteiger partial charge on any atom is 0.410 e. The van der Waals surface area contributed by atoms with E-state index in [1.807, 2.05) is 27.8 Å². The molecule has 1 fully saturated rings. The number of likely N-dealkylation sites (N-methyl/N-ethyl adjacent to an activating group) is 1. The normalized spacial score (nSPS) is 23.1. The van der Waals surface area contributed by atoms with E-state index in [0.29, 0.717) is 13.1 Å². The van der Waals surface area contributed by atoms with Crippen molar-refractivity contribution in [2.24, 2.45) is 0 Å². The predicted molar refractivity (Wildman–Crippen MR) is 70.5 cm³/mol. The van der Waals surface area contributed by atoms with Crippen LogP contribution in [0.2, 0.25) is 0 Å². The van der Waals surface area contributed by atoms with E-state index in [1.54, 1.807) is 18.7 Å². The molecule has 0 aromatic carbocycles. The molecule has 1 unspecified atom stereocenters. The van der Waals surface area contributed by atoms with Crippen molar-refractivity contribution >= 4 is 6.09 Å². The second-order valence-electron chi connectivity index (χ2n) is 6.58. The fraction of sp³-hybridized carbons (Fsp3) is 0.923. The number of amides is 1. The van der Waals surface area contributed by atoms with Gasteiger partial charge in [-0.1, -0.05) is 0 Å². The fourth-order valence-corrected chi connectivity index (χ4v) is 2.13. The highest BCUT2D eigenvalue weighted by atomic mass is 16.6. The van der Waals surface area contributed by atoms with Gasteiger partial charge in [-0.15, -0.1) is 0 Å². The van der Waals surface area contributed by atoms with Crippen molar-refractivity contribution in [1.82, 2.24) is 9.80 Å². The average Bonchev–Trinajstić information content (AvgIpc) is 2.13.